The van der Waals surface area contributed by atoms with Crippen LogP contribution in [0.1, 0.15) is 16.7 Å². The molecule has 1 aliphatic heterocycles. The zero-order chi connectivity index (χ0) is 18.4. The fourth-order valence-electron chi connectivity index (χ4n) is 3.08. The maximum absolute atomic E-state index is 12.6. The molecule has 1 amide bonds. The predicted octanol–water partition coefficient (Wildman–Crippen LogP) is 2.90. The van der Waals surface area contributed by atoms with E-state index in [1.165, 1.54) is 11.1 Å². The van der Waals surface area contributed by atoms with E-state index in [2.05, 4.69) is 28.5 Å². The highest BCUT2D eigenvalue weighted by molar-refractivity contribution is 14.0. The van der Waals surface area contributed by atoms with Crippen LogP contribution in [0.2, 0.25) is 0 Å². The van der Waals surface area contributed by atoms with Crippen LogP contribution >= 0.6 is 24.0 Å². The molecule has 2 aromatic carbocycles. The molecule has 1 heterocycles. The summed E-state index contributed by atoms with van der Waals surface area (Å²) >= 11 is 0. The minimum atomic E-state index is 0. The fraction of sp³-hybridized carbons (Fsp3) is 0.333. The van der Waals surface area contributed by atoms with Crippen molar-refractivity contribution in [3.63, 3.8) is 0 Å². The molecule has 2 aromatic rings. The van der Waals surface area contributed by atoms with Crippen LogP contribution in [0.5, 0.6) is 0 Å². The summed E-state index contributed by atoms with van der Waals surface area (Å²) in [5, 5.41) is 3.20. The van der Waals surface area contributed by atoms with Gasteiger partial charge in [0.25, 0.3) is 0 Å². The first-order chi connectivity index (χ1) is 12.6. The maximum Gasteiger partial charge on any atom is 0.242 e. The average molecular weight is 478 g/mol. The van der Waals surface area contributed by atoms with E-state index in [1.54, 1.807) is 0 Å². The normalized spacial score (nSPS) is 13.4. The van der Waals surface area contributed by atoms with Crippen LogP contribution in [0, 0.1) is 0 Å². The third-order valence-corrected chi connectivity index (χ3v) is 4.56. The lowest BCUT2D eigenvalue weighted by molar-refractivity contribution is -0.130. The van der Waals surface area contributed by atoms with Crippen LogP contribution in [0.15, 0.2) is 59.6 Å². The molecule has 0 saturated carbocycles. The van der Waals surface area contributed by atoms with Gasteiger partial charge in [0.15, 0.2) is 5.96 Å². The zero-order valence-electron chi connectivity index (χ0n) is 15.9. The van der Waals surface area contributed by atoms with Crippen molar-refractivity contribution >= 4 is 35.8 Å². The van der Waals surface area contributed by atoms with E-state index in [1.807, 2.05) is 60.3 Å². The number of nitrogens with zero attached hydrogens (tertiary/aromatic N) is 3. The molecule has 5 nitrogen and oxygen atoms in total. The lowest BCUT2D eigenvalue weighted by Crippen LogP contribution is -2.45. The highest BCUT2D eigenvalue weighted by Crippen LogP contribution is 2.18. The zero-order valence-corrected chi connectivity index (χ0v) is 18.2. The summed E-state index contributed by atoms with van der Waals surface area (Å²) in [5.41, 5.74) is 3.74. The summed E-state index contributed by atoms with van der Waals surface area (Å²) in [4.78, 5) is 21.0. The second-order valence-corrected chi connectivity index (χ2v) is 6.71. The molecule has 0 saturated heterocycles. The molecular weight excluding hydrogens is 451 g/mol. The van der Waals surface area contributed by atoms with E-state index >= 15 is 0 Å². The molecule has 144 valence electrons. The number of nitrogens with one attached hydrogen (secondary N) is 1. The van der Waals surface area contributed by atoms with Gasteiger partial charge in [-0.15, -0.1) is 24.0 Å². The molecule has 6 heteroatoms. The summed E-state index contributed by atoms with van der Waals surface area (Å²) in [6, 6.07) is 18.4. The van der Waals surface area contributed by atoms with Crippen molar-refractivity contribution in [2.24, 2.45) is 4.99 Å². The SMILES string of the molecule is CN(C)C(=NCc1ccccc1)NCC(=O)N1CCc2ccccc2C1.I. The van der Waals surface area contributed by atoms with E-state index in [4.69, 9.17) is 0 Å². The Hall–Kier alpha value is -2.09. The van der Waals surface area contributed by atoms with Gasteiger partial charge in [-0.2, -0.15) is 0 Å². The Balaban J connectivity index is 0.00000261. The summed E-state index contributed by atoms with van der Waals surface area (Å²) in [6.07, 6.45) is 0.921. The van der Waals surface area contributed by atoms with Gasteiger partial charge >= 0.3 is 0 Å². The Labute approximate surface area is 178 Å². The lowest BCUT2D eigenvalue weighted by atomic mass is 10.00. The van der Waals surface area contributed by atoms with Crippen LogP contribution in [-0.4, -0.2) is 48.9 Å². The summed E-state index contributed by atoms with van der Waals surface area (Å²) in [6.45, 7) is 2.31. The monoisotopic (exact) mass is 478 g/mol. The second-order valence-electron chi connectivity index (χ2n) is 6.71. The molecule has 0 atom stereocenters. The number of rotatable bonds is 4. The van der Waals surface area contributed by atoms with Gasteiger partial charge in [0.05, 0.1) is 13.1 Å². The number of aliphatic imine (C=N–C) groups is 1. The number of hydrogen-bond donors (Lipinski definition) is 1. The number of benzene rings is 2. The number of carbonyl (C=O) groups is 1. The van der Waals surface area contributed by atoms with E-state index in [0.29, 0.717) is 13.1 Å². The molecule has 0 radical (unpaired) electrons. The van der Waals surface area contributed by atoms with E-state index in [-0.39, 0.29) is 36.4 Å². The molecule has 27 heavy (non-hydrogen) atoms. The minimum absolute atomic E-state index is 0. The third-order valence-electron chi connectivity index (χ3n) is 4.56. The summed E-state index contributed by atoms with van der Waals surface area (Å²) < 4.78 is 0. The lowest BCUT2D eigenvalue weighted by Gasteiger charge is -2.29. The van der Waals surface area contributed by atoms with Crippen molar-refractivity contribution < 1.29 is 4.79 Å². The van der Waals surface area contributed by atoms with Crippen LogP contribution in [-0.2, 0) is 24.3 Å². The van der Waals surface area contributed by atoms with Crippen LogP contribution < -0.4 is 5.32 Å². The van der Waals surface area contributed by atoms with Gasteiger partial charge in [0.1, 0.15) is 0 Å². The first-order valence-corrected chi connectivity index (χ1v) is 8.97. The van der Waals surface area contributed by atoms with E-state index in [9.17, 15) is 4.79 Å². The Kier molecular flexibility index (Phi) is 8.09. The third kappa shape index (κ3) is 5.95. The van der Waals surface area contributed by atoms with E-state index < -0.39 is 0 Å². The Morgan fingerprint density at radius 2 is 1.74 bits per heavy atom. The molecule has 0 aliphatic carbocycles. The van der Waals surface area contributed by atoms with Crippen molar-refractivity contribution in [2.75, 3.05) is 27.2 Å². The number of hydrogen-bond acceptors (Lipinski definition) is 2. The van der Waals surface area contributed by atoms with Gasteiger partial charge in [-0.25, -0.2) is 4.99 Å². The Morgan fingerprint density at radius 1 is 1.07 bits per heavy atom. The summed E-state index contributed by atoms with van der Waals surface area (Å²) in [5.74, 6) is 0.827. The van der Waals surface area contributed by atoms with Crippen LogP contribution in [0.25, 0.3) is 0 Å². The topological polar surface area (TPSA) is 47.9 Å². The Bertz CT molecular complexity index is 777. The van der Waals surface area contributed by atoms with Gasteiger partial charge < -0.3 is 15.1 Å². The van der Waals surface area contributed by atoms with Gasteiger partial charge in [-0.3, -0.25) is 4.79 Å². The quantitative estimate of drug-likeness (QED) is 0.418. The van der Waals surface area contributed by atoms with Gasteiger partial charge in [-0.05, 0) is 23.1 Å². The highest BCUT2D eigenvalue weighted by Gasteiger charge is 2.20. The van der Waals surface area contributed by atoms with Crippen molar-refractivity contribution in [1.29, 1.82) is 0 Å². The molecule has 0 unspecified atom stereocenters. The van der Waals surface area contributed by atoms with Crippen LogP contribution in [0.4, 0.5) is 0 Å². The van der Waals surface area contributed by atoms with Crippen molar-refractivity contribution in [3.8, 4) is 0 Å². The van der Waals surface area contributed by atoms with Gasteiger partial charge in [0, 0.05) is 27.2 Å². The molecule has 1 N–H and O–H groups in total. The van der Waals surface area contributed by atoms with Gasteiger partial charge in [0.2, 0.25) is 5.91 Å². The average Bonchev–Trinajstić information content (AvgIpc) is 2.68. The Morgan fingerprint density at radius 3 is 2.44 bits per heavy atom. The first kappa shape index (κ1) is 21.2. The first-order valence-electron chi connectivity index (χ1n) is 8.97. The van der Waals surface area contributed by atoms with Crippen molar-refractivity contribution in [1.82, 2.24) is 15.1 Å². The number of carbonyl (C=O) groups excluding carboxylic acids is 1. The number of fused-ring (bicyclic) bond motifs is 1. The largest absolute Gasteiger partial charge is 0.349 e. The maximum atomic E-state index is 12.6. The fourth-order valence-corrected chi connectivity index (χ4v) is 3.08. The predicted molar refractivity (Wildman–Crippen MR) is 120 cm³/mol. The van der Waals surface area contributed by atoms with Crippen molar-refractivity contribution in [3.05, 3.63) is 71.3 Å². The molecule has 0 spiro atoms. The number of amides is 1. The number of halogens is 1. The van der Waals surface area contributed by atoms with Gasteiger partial charge in [-0.1, -0.05) is 54.6 Å². The van der Waals surface area contributed by atoms with E-state index in [0.717, 1.165) is 24.5 Å². The highest BCUT2D eigenvalue weighted by atomic mass is 127. The standard InChI is InChI=1S/C21H26N4O.HI/c1-24(2)21(22-14-17-8-4-3-5-9-17)23-15-20(26)25-13-12-18-10-6-7-11-19(18)16-25;/h3-11H,12-16H2,1-2H3,(H,22,23);1H. The molecule has 0 fully saturated rings. The smallest absolute Gasteiger partial charge is 0.242 e. The van der Waals surface area contributed by atoms with Crippen LogP contribution in [0.3, 0.4) is 0 Å². The molecule has 3 rings (SSSR count). The molecule has 0 bridgehead atoms. The minimum Gasteiger partial charge on any atom is -0.349 e. The molecular formula is C21H27IN4O. The molecule has 0 aromatic heterocycles. The second kappa shape index (κ2) is 10.3. The van der Waals surface area contributed by atoms with Crippen molar-refractivity contribution in [2.45, 2.75) is 19.5 Å². The number of guanidine groups is 1. The summed E-state index contributed by atoms with van der Waals surface area (Å²) in [7, 11) is 3.86. The molecule has 1 aliphatic rings.